The van der Waals surface area contributed by atoms with Crippen molar-refractivity contribution in [3.8, 4) is 0 Å². The molecule has 1 atom stereocenters. The first-order chi connectivity index (χ1) is 14.2. The van der Waals surface area contributed by atoms with Crippen LogP contribution in [0.4, 0.5) is 0 Å². The van der Waals surface area contributed by atoms with Crippen molar-refractivity contribution < 1.29 is 4.79 Å². The highest BCUT2D eigenvalue weighted by molar-refractivity contribution is 5.96. The van der Waals surface area contributed by atoms with Gasteiger partial charge in [-0.25, -0.2) is 0 Å². The van der Waals surface area contributed by atoms with Gasteiger partial charge in [0.25, 0.3) is 5.91 Å². The number of carbonyl (C=O) groups is 1. The van der Waals surface area contributed by atoms with E-state index in [0.29, 0.717) is 6.54 Å². The van der Waals surface area contributed by atoms with Gasteiger partial charge in [-0.3, -0.25) is 4.79 Å². The van der Waals surface area contributed by atoms with E-state index in [-0.39, 0.29) is 11.9 Å². The molecule has 0 N–H and O–H groups in total. The van der Waals surface area contributed by atoms with E-state index in [1.807, 2.05) is 49.4 Å². The highest BCUT2D eigenvalue weighted by Gasteiger charge is 2.29. The quantitative estimate of drug-likeness (QED) is 0.513. The molecule has 0 saturated heterocycles. The van der Waals surface area contributed by atoms with Crippen LogP contribution in [-0.2, 0) is 6.42 Å². The van der Waals surface area contributed by atoms with Crippen molar-refractivity contribution in [2.24, 2.45) is 0 Å². The van der Waals surface area contributed by atoms with Crippen molar-refractivity contribution in [1.29, 1.82) is 0 Å². The molecule has 2 nitrogen and oxygen atoms in total. The van der Waals surface area contributed by atoms with Gasteiger partial charge < -0.3 is 4.90 Å². The van der Waals surface area contributed by atoms with Crippen molar-refractivity contribution in [2.75, 3.05) is 6.54 Å². The molecule has 1 unspecified atom stereocenters. The average Bonchev–Trinajstić information content (AvgIpc) is 2.77. The predicted molar refractivity (Wildman–Crippen MR) is 120 cm³/mol. The number of fused-ring (bicyclic) bond motifs is 1. The van der Waals surface area contributed by atoms with Gasteiger partial charge in [-0.2, -0.15) is 0 Å². The van der Waals surface area contributed by atoms with E-state index >= 15 is 0 Å². The summed E-state index contributed by atoms with van der Waals surface area (Å²) in [6.07, 6.45) is 7.43. The molecule has 0 saturated carbocycles. The summed E-state index contributed by atoms with van der Waals surface area (Å²) in [7, 11) is 0. The maximum absolute atomic E-state index is 13.6. The van der Waals surface area contributed by atoms with Crippen LogP contribution in [0, 0.1) is 6.92 Å². The third-order valence-corrected chi connectivity index (χ3v) is 5.76. The maximum Gasteiger partial charge on any atom is 0.254 e. The summed E-state index contributed by atoms with van der Waals surface area (Å²) in [5.41, 5.74) is 5.65. The minimum atomic E-state index is 0.113. The molecule has 2 heteroatoms. The van der Waals surface area contributed by atoms with Crippen LogP contribution in [0.15, 0.2) is 84.9 Å². The number of benzene rings is 3. The summed E-state index contributed by atoms with van der Waals surface area (Å²) in [6.45, 7) is 2.61. The van der Waals surface area contributed by atoms with Crippen molar-refractivity contribution in [2.45, 2.75) is 32.2 Å². The first-order valence-electron chi connectivity index (χ1n) is 10.4. The van der Waals surface area contributed by atoms with Crippen LogP contribution in [0.25, 0.3) is 6.08 Å². The number of hydrogen-bond donors (Lipinski definition) is 0. The number of aryl methyl sites for hydroxylation is 2. The van der Waals surface area contributed by atoms with Gasteiger partial charge in [0.2, 0.25) is 0 Å². The Balaban J connectivity index is 1.67. The van der Waals surface area contributed by atoms with Crippen LogP contribution in [-0.4, -0.2) is 17.4 Å². The zero-order valence-corrected chi connectivity index (χ0v) is 16.9. The van der Waals surface area contributed by atoms with Gasteiger partial charge in [-0.1, -0.05) is 84.9 Å². The van der Waals surface area contributed by atoms with Crippen molar-refractivity contribution in [1.82, 2.24) is 4.90 Å². The molecule has 3 aromatic rings. The third kappa shape index (κ3) is 4.32. The Morgan fingerprint density at radius 1 is 0.966 bits per heavy atom. The molecule has 4 rings (SSSR count). The smallest absolute Gasteiger partial charge is 0.254 e. The van der Waals surface area contributed by atoms with Crippen molar-refractivity contribution >= 4 is 12.0 Å². The molecular weight excluding hydrogens is 354 g/mol. The largest absolute Gasteiger partial charge is 0.328 e. The number of carbonyl (C=O) groups excluding carboxylic acids is 1. The summed E-state index contributed by atoms with van der Waals surface area (Å²) < 4.78 is 0. The zero-order chi connectivity index (χ0) is 20.1. The number of nitrogens with zero attached hydrogens (tertiary/aromatic N) is 1. The van der Waals surface area contributed by atoms with E-state index in [2.05, 4.69) is 53.5 Å². The molecule has 146 valence electrons. The molecule has 0 spiro atoms. The lowest BCUT2D eigenvalue weighted by Gasteiger charge is -2.36. The van der Waals surface area contributed by atoms with Crippen LogP contribution in [0.3, 0.4) is 0 Å². The lowest BCUT2D eigenvalue weighted by Crippen LogP contribution is -2.37. The third-order valence-electron chi connectivity index (χ3n) is 5.76. The maximum atomic E-state index is 13.6. The first-order valence-corrected chi connectivity index (χ1v) is 10.4. The van der Waals surface area contributed by atoms with Gasteiger partial charge in [0.05, 0.1) is 6.04 Å². The van der Waals surface area contributed by atoms with Crippen LogP contribution >= 0.6 is 0 Å². The number of rotatable bonds is 5. The van der Waals surface area contributed by atoms with Crippen LogP contribution in [0.5, 0.6) is 0 Å². The molecule has 3 aromatic carbocycles. The van der Waals surface area contributed by atoms with Crippen LogP contribution in [0.2, 0.25) is 0 Å². The molecule has 29 heavy (non-hydrogen) atoms. The molecule has 0 fully saturated rings. The SMILES string of the molecule is Cc1ccccc1C(=O)N(CC=Cc1ccccc1)C1CCCc2ccccc21. The van der Waals surface area contributed by atoms with Crippen LogP contribution < -0.4 is 0 Å². The zero-order valence-electron chi connectivity index (χ0n) is 16.9. The fourth-order valence-corrected chi connectivity index (χ4v) is 4.24. The predicted octanol–water partition coefficient (Wildman–Crippen LogP) is 6.23. The summed E-state index contributed by atoms with van der Waals surface area (Å²) in [5, 5.41) is 0. The molecule has 1 aliphatic rings. The highest BCUT2D eigenvalue weighted by atomic mass is 16.2. The lowest BCUT2D eigenvalue weighted by atomic mass is 9.86. The van der Waals surface area contributed by atoms with Gasteiger partial charge >= 0.3 is 0 Å². The van der Waals surface area contributed by atoms with E-state index in [1.165, 1.54) is 11.1 Å². The average molecular weight is 382 g/mol. The van der Waals surface area contributed by atoms with Gasteiger partial charge in [0.15, 0.2) is 0 Å². The van der Waals surface area contributed by atoms with Crippen molar-refractivity contribution in [3.63, 3.8) is 0 Å². The fourth-order valence-electron chi connectivity index (χ4n) is 4.24. The molecule has 0 aromatic heterocycles. The standard InChI is InChI=1S/C27H27NO/c1-21-11-5-7-17-24(21)27(29)28(20-10-14-22-12-3-2-4-13-22)26-19-9-16-23-15-6-8-18-25(23)26/h2-8,10-15,17-18,26H,9,16,19-20H2,1H3. The van der Waals surface area contributed by atoms with Gasteiger partial charge in [-0.15, -0.1) is 0 Å². The van der Waals surface area contributed by atoms with E-state index in [9.17, 15) is 4.79 Å². The minimum Gasteiger partial charge on any atom is -0.328 e. The van der Waals surface area contributed by atoms with E-state index in [1.54, 1.807) is 0 Å². The fraction of sp³-hybridized carbons (Fsp3) is 0.222. The minimum absolute atomic E-state index is 0.113. The molecule has 0 heterocycles. The van der Waals surface area contributed by atoms with Gasteiger partial charge in [0, 0.05) is 12.1 Å². The topological polar surface area (TPSA) is 20.3 Å². The Labute approximate surface area is 173 Å². The monoisotopic (exact) mass is 381 g/mol. The number of amides is 1. The second-order valence-corrected chi connectivity index (χ2v) is 7.69. The summed E-state index contributed by atoms with van der Waals surface area (Å²) in [4.78, 5) is 15.7. The number of hydrogen-bond acceptors (Lipinski definition) is 1. The summed E-state index contributed by atoms with van der Waals surface area (Å²) in [6, 6.07) is 26.9. The Bertz CT molecular complexity index is 1010. The molecular formula is C27H27NO. The van der Waals surface area contributed by atoms with Gasteiger partial charge in [0.1, 0.15) is 0 Å². The first kappa shape index (κ1) is 19.2. The molecule has 0 bridgehead atoms. The Kier molecular flexibility index (Phi) is 5.90. The highest BCUT2D eigenvalue weighted by Crippen LogP contribution is 2.35. The van der Waals surface area contributed by atoms with E-state index in [0.717, 1.165) is 36.0 Å². The lowest BCUT2D eigenvalue weighted by molar-refractivity contribution is 0.0683. The summed E-state index contributed by atoms with van der Waals surface area (Å²) >= 11 is 0. The summed E-state index contributed by atoms with van der Waals surface area (Å²) in [5.74, 6) is 0.113. The van der Waals surface area contributed by atoms with E-state index < -0.39 is 0 Å². The molecule has 1 aliphatic carbocycles. The molecule has 0 aliphatic heterocycles. The van der Waals surface area contributed by atoms with Gasteiger partial charge in [-0.05, 0) is 54.5 Å². The molecule has 0 radical (unpaired) electrons. The normalized spacial score (nSPS) is 15.8. The Morgan fingerprint density at radius 2 is 1.69 bits per heavy atom. The second kappa shape index (κ2) is 8.91. The van der Waals surface area contributed by atoms with Crippen molar-refractivity contribution in [3.05, 3.63) is 113 Å². The van der Waals surface area contributed by atoms with Crippen LogP contribution in [0.1, 0.15) is 51.5 Å². The second-order valence-electron chi connectivity index (χ2n) is 7.69. The Morgan fingerprint density at radius 3 is 2.52 bits per heavy atom. The Hall–Kier alpha value is -3.13. The molecule has 1 amide bonds. The van der Waals surface area contributed by atoms with E-state index in [4.69, 9.17) is 0 Å².